The summed E-state index contributed by atoms with van der Waals surface area (Å²) in [6.45, 7) is 1.84. The second-order valence-electron chi connectivity index (χ2n) is 4.65. The summed E-state index contributed by atoms with van der Waals surface area (Å²) >= 11 is 12.0. The molecule has 0 N–H and O–H groups in total. The highest BCUT2D eigenvalue weighted by Gasteiger charge is 2.21. The molecule has 0 aliphatic rings. The fourth-order valence-electron chi connectivity index (χ4n) is 1.79. The number of aryl methyl sites for hydroxylation is 1. The molecule has 21 heavy (non-hydrogen) atoms. The molecule has 2 rings (SSSR count). The largest absolute Gasteiger partial charge is 0.361 e. The maximum atomic E-state index is 12.3. The average molecular weight is 349 g/mol. The molecule has 0 saturated carbocycles. The van der Waals surface area contributed by atoms with Crippen LogP contribution in [0.4, 0.5) is 0 Å². The maximum Gasteiger partial charge on any atom is 0.220 e. The van der Waals surface area contributed by atoms with E-state index in [2.05, 4.69) is 5.16 Å². The number of halogens is 2. The molecule has 0 aliphatic heterocycles. The van der Waals surface area contributed by atoms with Crippen molar-refractivity contribution in [3.05, 3.63) is 51.3 Å². The number of benzene rings is 1. The molecule has 0 bridgehead atoms. The van der Waals surface area contributed by atoms with Crippen molar-refractivity contribution in [1.82, 2.24) is 9.46 Å². The molecule has 2 aromatic rings. The van der Waals surface area contributed by atoms with Gasteiger partial charge < -0.3 is 4.52 Å². The Kier molecular flexibility index (Phi) is 4.93. The normalized spacial score (nSPS) is 12.0. The fourth-order valence-corrected chi connectivity index (χ4v) is 3.24. The van der Waals surface area contributed by atoms with Gasteiger partial charge in [-0.1, -0.05) is 40.5 Å². The number of hydrogen-bond acceptors (Lipinski definition) is 4. The topological polar surface area (TPSA) is 63.4 Å². The van der Waals surface area contributed by atoms with Gasteiger partial charge in [0.2, 0.25) is 10.0 Å². The van der Waals surface area contributed by atoms with Crippen LogP contribution in [0.2, 0.25) is 10.0 Å². The molecule has 0 atom stereocenters. The number of hydrogen-bond donors (Lipinski definition) is 0. The van der Waals surface area contributed by atoms with Gasteiger partial charge in [-0.15, -0.1) is 0 Å². The molecule has 0 spiro atoms. The highest BCUT2D eigenvalue weighted by Crippen LogP contribution is 2.27. The van der Waals surface area contributed by atoms with Crippen LogP contribution in [0.25, 0.3) is 0 Å². The van der Waals surface area contributed by atoms with E-state index in [1.807, 2.05) is 0 Å². The second kappa shape index (κ2) is 6.36. The highest BCUT2D eigenvalue weighted by molar-refractivity contribution is 7.88. The van der Waals surface area contributed by atoms with E-state index < -0.39 is 10.0 Å². The number of nitrogens with zero attached hydrogens (tertiary/aromatic N) is 2. The van der Waals surface area contributed by atoms with Crippen LogP contribution in [0.3, 0.4) is 0 Å². The fraction of sp³-hybridized carbons (Fsp3) is 0.308. The molecule has 0 saturated heterocycles. The lowest BCUT2D eigenvalue weighted by Crippen LogP contribution is -2.28. The third kappa shape index (κ3) is 3.97. The monoisotopic (exact) mass is 348 g/mol. The van der Waals surface area contributed by atoms with Crippen LogP contribution in [-0.2, 0) is 22.3 Å². The van der Waals surface area contributed by atoms with Gasteiger partial charge in [-0.2, -0.15) is 0 Å². The first-order valence-electron chi connectivity index (χ1n) is 6.08. The molecular formula is C13H14Cl2N2O3S. The van der Waals surface area contributed by atoms with Crippen molar-refractivity contribution in [3.8, 4) is 0 Å². The molecule has 1 aromatic carbocycles. The molecular weight excluding hydrogens is 335 g/mol. The number of sulfonamides is 1. The van der Waals surface area contributed by atoms with Crippen molar-refractivity contribution in [1.29, 1.82) is 0 Å². The summed E-state index contributed by atoms with van der Waals surface area (Å²) < 4.78 is 30.6. The zero-order valence-electron chi connectivity index (χ0n) is 11.5. The van der Waals surface area contributed by atoms with Gasteiger partial charge in [0, 0.05) is 19.7 Å². The minimum atomic E-state index is -3.52. The first kappa shape index (κ1) is 16.3. The lowest BCUT2D eigenvalue weighted by molar-refractivity contribution is 0.391. The third-order valence-corrected chi connectivity index (χ3v) is 5.50. The van der Waals surface area contributed by atoms with E-state index in [0.29, 0.717) is 27.1 Å². The van der Waals surface area contributed by atoms with E-state index in [1.165, 1.54) is 11.4 Å². The summed E-state index contributed by atoms with van der Waals surface area (Å²) in [5, 5.41) is 4.45. The van der Waals surface area contributed by atoms with Crippen LogP contribution in [0.5, 0.6) is 0 Å². The van der Waals surface area contributed by atoms with Crippen molar-refractivity contribution < 1.29 is 12.9 Å². The molecule has 0 radical (unpaired) electrons. The zero-order valence-corrected chi connectivity index (χ0v) is 13.8. The van der Waals surface area contributed by atoms with E-state index in [0.717, 1.165) is 0 Å². The minimum Gasteiger partial charge on any atom is -0.361 e. The number of rotatable bonds is 5. The van der Waals surface area contributed by atoms with E-state index >= 15 is 0 Å². The smallest absolute Gasteiger partial charge is 0.220 e. The maximum absolute atomic E-state index is 12.3. The van der Waals surface area contributed by atoms with Gasteiger partial charge in [-0.3, -0.25) is 0 Å². The molecule has 0 unspecified atom stereocenters. The Hall–Kier alpha value is -1.08. The van der Waals surface area contributed by atoms with Gasteiger partial charge >= 0.3 is 0 Å². The summed E-state index contributed by atoms with van der Waals surface area (Å²) in [7, 11) is -2.03. The summed E-state index contributed by atoms with van der Waals surface area (Å²) in [4.78, 5) is 0. The van der Waals surface area contributed by atoms with Gasteiger partial charge in [0.1, 0.15) is 17.2 Å². The summed E-state index contributed by atoms with van der Waals surface area (Å²) in [5.41, 5.74) is 1.02. The third-order valence-electron chi connectivity index (χ3n) is 2.91. The van der Waals surface area contributed by atoms with Crippen LogP contribution in [0.15, 0.2) is 28.8 Å². The SMILES string of the molecule is Cc1cc(CS(=O)(=O)N(C)Cc2cccc(Cl)c2Cl)no1. The van der Waals surface area contributed by atoms with Gasteiger partial charge in [0.15, 0.2) is 0 Å². The molecule has 0 amide bonds. The standard InChI is InChI=1S/C13H14Cl2N2O3S/c1-9-6-11(16-20-9)8-21(18,19)17(2)7-10-4-3-5-12(14)13(10)15/h3-6H,7-8H2,1-2H3. The Morgan fingerprint density at radius 1 is 1.33 bits per heavy atom. The Bertz CT molecular complexity index is 744. The van der Waals surface area contributed by atoms with Gasteiger partial charge in [0.25, 0.3) is 0 Å². The molecule has 1 aromatic heterocycles. The van der Waals surface area contributed by atoms with Crippen molar-refractivity contribution >= 4 is 33.2 Å². The van der Waals surface area contributed by atoms with Crippen LogP contribution in [0, 0.1) is 6.92 Å². The summed E-state index contributed by atoms with van der Waals surface area (Å²) in [5.74, 6) is 0.347. The van der Waals surface area contributed by atoms with E-state index in [4.69, 9.17) is 27.7 Å². The minimum absolute atomic E-state index is 0.137. The van der Waals surface area contributed by atoms with Crippen molar-refractivity contribution in [3.63, 3.8) is 0 Å². The lowest BCUT2D eigenvalue weighted by atomic mass is 10.2. The van der Waals surface area contributed by atoms with E-state index in [-0.39, 0.29) is 12.3 Å². The van der Waals surface area contributed by atoms with Crippen LogP contribution in [0.1, 0.15) is 17.0 Å². The first-order valence-corrected chi connectivity index (χ1v) is 8.45. The lowest BCUT2D eigenvalue weighted by Gasteiger charge is -2.17. The Labute approximate surface area is 133 Å². The Balaban J connectivity index is 2.15. The highest BCUT2D eigenvalue weighted by atomic mass is 35.5. The van der Waals surface area contributed by atoms with Gasteiger partial charge in [0.05, 0.1) is 10.0 Å². The molecule has 1 heterocycles. The van der Waals surface area contributed by atoms with Crippen LogP contribution in [-0.4, -0.2) is 24.9 Å². The Morgan fingerprint density at radius 2 is 2.05 bits per heavy atom. The average Bonchev–Trinajstić information content (AvgIpc) is 2.79. The number of aromatic nitrogens is 1. The predicted octanol–water partition coefficient (Wildman–Crippen LogP) is 3.25. The summed E-state index contributed by atoms with van der Waals surface area (Å²) in [6, 6.07) is 6.71. The Morgan fingerprint density at radius 3 is 2.67 bits per heavy atom. The first-order chi connectivity index (χ1) is 9.79. The van der Waals surface area contributed by atoms with E-state index in [1.54, 1.807) is 31.2 Å². The zero-order chi connectivity index (χ0) is 15.6. The summed E-state index contributed by atoms with van der Waals surface area (Å²) in [6.07, 6.45) is 0. The van der Waals surface area contributed by atoms with E-state index in [9.17, 15) is 8.42 Å². The quantitative estimate of drug-likeness (QED) is 0.831. The second-order valence-corrected chi connectivity index (χ2v) is 7.52. The van der Waals surface area contributed by atoms with Crippen molar-refractivity contribution in [2.24, 2.45) is 0 Å². The molecule has 0 fully saturated rings. The predicted molar refractivity (Wildman–Crippen MR) is 81.8 cm³/mol. The van der Waals surface area contributed by atoms with Gasteiger partial charge in [-0.05, 0) is 18.6 Å². The van der Waals surface area contributed by atoms with Crippen LogP contribution >= 0.6 is 23.2 Å². The molecule has 0 aliphatic carbocycles. The molecule has 5 nitrogen and oxygen atoms in total. The van der Waals surface area contributed by atoms with Crippen molar-refractivity contribution in [2.45, 2.75) is 19.2 Å². The molecule has 114 valence electrons. The molecule has 8 heteroatoms. The van der Waals surface area contributed by atoms with Gasteiger partial charge in [-0.25, -0.2) is 12.7 Å². The van der Waals surface area contributed by atoms with Crippen LogP contribution < -0.4 is 0 Å². The van der Waals surface area contributed by atoms with Crippen molar-refractivity contribution in [2.75, 3.05) is 7.05 Å².